The third-order valence-electron chi connectivity index (χ3n) is 4.28. The van der Waals surface area contributed by atoms with E-state index in [1.807, 2.05) is 0 Å². The van der Waals surface area contributed by atoms with Gasteiger partial charge >= 0.3 is 0 Å². The van der Waals surface area contributed by atoms with Crippen molar-refractivity contribution >= 4 is 15.7 Å². The molecule has 6 nitrogen and oxygen atoms in total. The van der Waals surface area contributed by atoms with Crippen LogP contribution in [-0.4, -0.2) is 48.5 Å². The van der Waals surface area contributed by atoms with Crippen LogP contribution in [-0.2, 0) is 9.84 Å². The summed E-state index contributed by atoms with van der Waals surface area (Å²) in [6, 6.07) is 6.74. The molecule has 0 saturated carbocycles. The van der Waals surface area contributed by atoms with Gasteiger partial charge in [0.05, 0.1) is 16.2 Å². The molecule has 2 aromatic rings. The molecule has 0 aliphatic carbocycles. The number of aromatic nitrogens is 2. The number of amides is 1. The summed E-state index contributed by atoms with van der Waals surface area (Å²) in [6.45, 7) is 1.16. The van der Waals surface area contributed by atoms with E-state index in [2.05, 4.69) is 9.97 Å². The summed E-state index contributed by atoms with van der Waals surface area (Å²) in [7, 11) is -3.31. The fourth-order valence-corrected chi connectivity index (χ4v) is 3.98. The summed E-state index contributed by atoms with van der Waals surface area (Å²) in [5.74, 6) is 0.0137. The van der Waals surface area contributed by atoms with Gasteiger partial charge in [0.15, 0.2) is 9.84 Å². The molecule has 7 heteroatoms. The Kier molecular flexibility index (Phi) is 4.62. The fourth-order valence-electron chi connectivity index (χ4n) is 3.05. The average Bonchev–Trinajstić information content (AvgIpc) is 2.61. The van der Waals surface area contributed by atoms with Gasteiger partial charge in [-0.2, -0.15) is 0 Å². The maximum Gasteiger partial charge on any atom is 0.255 e. The van der Waals surface area contributed by atoms with Crippen molar-refractivity contribution in [3.05, 3.63) is 54.1 Å². The van der Waals surface area contributed by atoms with Crippen molar-refractivity contribution in [3.8, 4) is 0 Å². The topological polar surface area (TPSA) is 80.2 Å². The molecule has 3 rings (SSSR count). The van der Waals surface area contributed by atoms with Gasteiger partial charge in [-0.25, -0.2) is 8.42 Å². The van der Waals surface area contributed by atoms with Crippen molar-refractivity contribution in [1.29, 1.82) is 0 Å². The van der Waals surface area contributed by atoms with E-state index in [4.69, 9.17) is 0 Å². The quantitative estimate of drug-likeness (QED) is 0.849. The van der Waals surface area contributed by atoms with Crippen LogP contribution in [0.2, 0.25) is 0 Å². The molecule has 3 heterocycles. The smallest absolute Gasteiger partial charge is 0.255 e. The van der Waals surface area contributed by atoms with Crippen LogP contribution in [0.5, 0.6) is 0 Å². The number of nitrogens with zero attached hydrogens (tertiary/aromatic N) is 3. The normalized spacial score (nSPS) is 16.1. The van der Waals surface area contributed by atoms with Crippen LogP contribution in [0, 0.1) is 0 Å². The molecule has 1 fully saturated rings. The Morgan fingerprint density at radius 1 is 1.17 bits per heavy atom. The van der Waals surface area contributed by atoms with E-state index in [-0.39, 0.29) is 11.8 Å². The van der Waals surface area contributed by atoms with Gasteiger partial charge in [0.25, 0.3) is 5.91 Å². The lowest BCUT2D eigenvalue weighted by Crippen LogP contribution is -2.38. The summed E-state index contributed by atoms with van der Waals surface area (Å²) in [6.07, 6.45) is 7.43. The van der Waals surface area contributed by atoms with E-state index in [0.717, 1.165) is 0 Å². The Bertz CT molecular complexity index is 829. The Morgan fingerprint density at radius 3 is 2.50 bits per heavy atom. The van der Waals surface area contributed by atoms with Crippen LogP contribution in [0.15, 0.2) is 47.8 Å². The first-order valence-electron chi connectivity index (χ1n) is 7.81. The first kappa shape index (κ1) is 16.6. The predicted octanol–water partition coefficient (Wildman–Crippen LogP) is 1.90. The van der Waals surface area contributed by atoms with E-state index in [1.54, 1.807) is 47.8 Å². The molecule has 0 spiro atoms. The average molecular weight is 345 g/mol. The van der Waals surface area contributed by atoms with Crippen molar-refractivity contribution in [3.63, 3.8) is 0 Å². The molecule has 0 radical (unpaired) electrons. The third kappa shape index (κ3) is 3.46. The van der Waals surface area contributed by atoms with Crippen molar-refractivity contribution in [2.24, 2.45) is 0 Å². The van der Waals surface area contributed by atoms with Gasteiger partial charge in [-0.3, -0.25) is 14.8 Å². The van der Waals surface area contributed by atoms with Crippen molar-refractivity contribution < 1.29 is 13.2 Å². The van der Waals surface area contributed by atoms with Gasteiger partial charge in [-0.05, 0) is 37.1 Å². The Labute approximate surface area is 141 Å². The molecule has 1 saturated heterocycles. The number of rotatable bonds is 3. The van der Waals surface area contributed by atoms with Crippen LogP contribution < -0.4 is 0 Å². The van der Waals surface area contributed by atoms with Crippen LogP contribution in [0.3, 0.4) is 0 Å². The second-order valence-corrected chi connectivity index (χ2v) is 7.95. The van der Waals surface area contributed by atoms with E-state index >= 15 is 0 Å². The number of piperidine rings is 1. The number of carbonyl (C=O) groups is 1. The third-order valence-corrected chi connectivity index (χ3v) is 5.42. The highest BCUT2D eigenvalue weighted by Gasteiger charge is 2.28. The minimum absolute atomic E-state index is 0.0362. The number of sulfone groups is 1. The van der Waals surface area contributed by atoms with E-state index in [9.17, 15) is 13.2 Å². The van der Waals surface area contributed by atoms with Crippen LogP contribution in [0.4, 0.5) is 0 Å². The number of carbonyl (C=O) groups excluding carboxylic acids is 1. The van der Waals surface area contributed by atoms with Gasteiger partial charge in [0.2, 0.25) is 0 Å². The van der Waals surface area contributed by atoms with E-state index < -0.39 is 9.84 Å². The second kappa shape index (κ2) is 6.68. The van der Waals surface area contributed by atoms with E-state index in [0.29, 0.717) is 42.1 Å². The first-order valence-corrected chi connectivity index (χ1v) is 9.70. The fraction of sp³-hybridized carbons (Fsp3) is 0.353. The van der Waals surface area contributed by atoms with Crippen LogP contribution >= 0.6 is 0 Å². The largest absolute Gasteiger partial charge is 0.339 e. The molecule has 126 valence electrons. The maximum atomic E-state index is 12.4. The van der Waals surface area contributed by atoms with Gasteiger partial charge in [0, 0.05) is 43.9 Å². The second-order valence-electron chi connectivity index (χ2n) is 5.97. The van der Waals surface area contributed by atoms with E-state index in [1.165, 1.54) is 6.26 Å². The molecule has 24 heavy (non-hydrogen) atoms. The Balaban J connectivity index is 1.74. The molecule has 1 amide bonds. The minimum atomic E-state index is -3.31. The summed E-state index contributed by atoms with van der Waals surface area (Å²) >= 11 is 0. The number of pyridine rings is 2. The zero-order chi connectivity index (χ0) is 17.2. The lowest BCUT2D eigenvalue weighted by atomic mass is 9.92. The molecule has 1 aliphatic rings. The van der Waals surface area contributed by atoms with Gasteiger partial charge < -0.3 is 4.90 Å². The van der Waals surface area contributed by atoms with Crippen molar-refractivity contribution in [1.82, 2.24) is 14.9 Å². The SMILES string of the molecule is CS(=O)(=O)c1cccnc1C1CCN(C(=O)c2cccnc2)CC1. The summed E-state index contributed by atoms with van der Waals surface area (Å²) in [5, 5.41) is 0. The molecule has 0 atom stereocenters. The summed E-state index contributed by atoms with van der Waals surface area (Å²) < 4.78 is 23.9. The number of hydrogen-bond donors (Lipinski definition) is 0. The monoisotopic (exact) mass is 345 g/mol. The highest BCUT2D eigenvalue weighted by molar-refractivity contribution is 7.90. The zero-order valence-corrected chi connectivity index (χ0v) is 14.2. The van der Waals surface area contributed by atoms with Crippen LogP contribution in [0.1, 0.15) is 34.8 Å². The molecule has 0 bridgehead atoms. The standard InChI is InChI=1S/C17H19N3O3S/c1-24(22,23)15-5-3-9-19-16(15)13-6-10-20(11-7-13)17(21)14-4-2-8-18-12-14/h2-5,8-9,12-13H,6-7,10-11H2,1H3. The van der Waals surface area contributed by atoms with Crippen LogP contribution in [0.25, 0.3) is 0 Å². The van der Waals surface area contributed by atoms with Gasteiger partial charge in [-0.1, -0.05) is 0 Å². The lowest BCUT2D eigenvalue weighted by molar-refractivity contribution is 0.0711. The highest BCUT2D eigenvalue weighted by Crippen LogP contribution is 2.31. The summed E-state index contributed by atoms with van der Waals surface area (Å²) in [4.78, 5) is 22.8. The Morgan fingerprint density at radius 2 is 1.88 bits per heavy atom. The molecule has 0 aromatic carbocycles. The van der Waals surface area contributed by atoms with Gasteiger partial charge in [-0.15, -0.1) is 0 Å². The maximum absolute atomic E-state index is 12.4. The molecular formula is C17H19N3O3S. The predicted molar refractivity (Wildman–Crippen MR) is 89.5 cm³/mol. The van der Waals surface area contributed by atoms with Gasteiger partial charge in [0.1, 0.15) is 0 Å². The molecule has 2 aromatic heterocycles. The Hall–Kier alpha value is -2.28. The lowest BCUT2D eigenvalue weighted by Gasteiger charge is -2.32. The summed E-state index contributed by atoms with van der Waals surface area (Å²) in [5.41, 5.74) is 1.19. The van der Waals surface area contributed by atoms with Crippen molar-refractivity contribution in [2.45, 2.75) is 23.7 Å². The molecule has 0 unspecified atom stereocenters. The first-order chi connectivity index (χ1) is 11.5. The molecular weight excluding hydrogens is 326 g/mol. The number of likely N-dealkylation sites (tertiary alicyclic amines) is 1. The van der Waals surface area contributed by atoms with Crippen molar-refractivity contribution in [2.75, 3.05) is 19.3 Å². The minimum Gasteiger partial charge on any atom is -0.339 e. The number of hydrogen-bond acceptors (Lipinski definition) is 5. The highest BCUT2D eigenvalue weighted by atomic mass is 32.2. The molecule has 0 N–H and O–H groups in total. The zero-order valence-electron chi connectivity index (χ0n) is 13.4. The molecule has 1 aliphatic heterocycles.